The van der Waals surface area contributed by atoms with Gasteiger partial charge in [-0.25, -0.2) is 0 Å². The van der Waals surface area contributed by atoms with Crippen LogP contribution in [0, 0.1) is 0 Å². The maximum atomic E-state index is 10.8. The van der Waals surface area contributed by atoms with Crippen molar-refractivity contribution in [3.8, 4) is 5.75 Å². The smallest absolute Gasteiger partial charge is 0.127 e. The van der Waals surface area contributed by atoms with Gasteiger partial charge in [0.15, 0.2) is 0 Å². The van der Waals surface area contributed by atoms with E-state index in [-0.39, 0.29) is 23.5 Å². The van der Waals surface area contributed by atoms with Crippen LogP contribution in [-0.4, -0.2) is 12.5 Å². The average Bonchev–Trinajstić information content (AvgIpc) is 2.14. The van der Waals surface area contributed by atoms with Gasteiger partial charge < -0.3 is 19.1 Å². The Balaban J connectivity index is 2.98. The third-order valence-corrected chi connectivity index (χ3v) is 2.61. The Hall–Kier alpha value is -0.540. The van der Waals surface area contributed by atoms with E-state index in [1.54, 1.807) is 6.07 Å². The first-order valence-corrected chi connectivity index (χ1v) is 5.94. The predicted octanol–water partition coefficient (Wildman–Crippen LogP) is -0.157. The first-order valence-electron chi connectivity index (χ1n) is 3.86. The number of rotatable bonds is 4. The minimum absolute atomic E-state index is 0.0569. The van der Waals surface area contributed by atoms with Crippen LogP contribution in [0.5, 0.6) is 5.75 Å². The molecule has 0 aliphatic heterocycles. The zero-order valence-corrected chi connectivity index (χ0v) is 8.83. The van der Waals surface area contributed by atoms with E-state index in [4.69, 9.17) is 16.3 Å². The van der Waals surface area contributed by atoms with Gasteiger partial charge in [0, 0.05) is 5.30 Å². The molecule has 0 unspecified atom stereocenters. The highest BCUT2D eigenvalue weighted by Gasteiger charge is 2.05. The van der Waals surface area contributed by atoms with E-state index in [1.165, 1.54) is 18.2 Å². The van der Waals surface area contributed by atoms with Gasteiger partial charge in [-0.1, -0.05) is 18.2 Å². The molecule has 0 atom stereocenters. The molecule has 4 nitrogen and oxygen atoms in total. The van der Waals surface area contributed by atoms with Crippen LogP contribution in [0.3, 0.4) is 0 Å². The molecule has 0 heterocycles. The molecular formula is C8H8ClO4P-2. The van der Waals surface area contributed by atoms with E-state index in [1.807, 2.05) is 0 Å². The van der Waals surface area contributed by atoms with E-state index in [9.17, 15) is 14.4 Å². The molecule has 1 aromatic carbocycles. The molecule has 0 radical (unpaired) electrons. The summed E-state index contributed by atoms with van der Waals surface area (Å²) in [7, 11) is -4.76. The van der Waals surface area contributed by atoms with Gasteiger partial charge in [-0.05, 0) is 13.7 Å². The summed E-state index contributed by atoms with van der Waals surface area (Å²) in [4.78, 5) is 21.6. The summed E-state index contributed by atoms with van der Waals surface area (Å²) in [6.07, 6.45) is 0. The van der Waals surface area contributed by atoms with Crippen molar-refractivity contribution in [1.82, 2.24) is 0 Å². The molecule has 0 saturated carbocycles. The number of ether oxygens (including phenoxy) is 1. The molecule has 0 aliphatic rings. The van der Waals surface area contributed by atoms with Gasteiger partial charge in [0.2, 0.25) is 0 Å². The number of hydrogen-bond donors (Lipinski definition) is 0. The minimum atomic E-state index is -4.76. The molecule has 0 saturated heterocycles. The fourth-order valence-electron chi connectivity index (χ4n) is 0.954. The molecule has 0 bridgehead atoms. The number of halogens is 1. The van der Waals surface area contributed by atoms with Crippen molar-refractivity contribution in [2.24, 2.45) is 0 Å². The molecule has 0 amide bonds. The zero-order chi connectivity index (χ0) is 10.6. The Kier molecular flexibility index (Phi) is 3.96. The quantitative estimate of drug-likeness (QED) is 0.536. The van der Waals surface area contributed by atoms with E-state index in [2.05, 4.69) is 0 Å². The second kappa shape index (κ2) is 4.80. The van der Waals surface area contributed by atoms with E-state index < -0.39 is 7.60 Å². The van der Waals surface area contributed by atoms with Gasteiger partial charge in [-0.15, -0.1) is 11.6 Å². The summed E-state index contributed by atoms with van der Waals surface area (Å²) in [5, 5.41) is -0.329. The molecule has 0 aromatic heterocycles. The Morgan fingerprint density at radius 3 is 2.57 bits per heavy atom. The highest BCUT2D eigenvalue weighted by Crippen LogP contribution is 2.28. The van der Waals surface area contributed by atoms with Crippen LogP contribution in [0.25, 0.3) is 0 Å². The Morgan fingerprint density at radius 1 is 1.36 bits per heavy atom. The van der Waals surface area contributed by atoms with Crippen LogP contribution >= 0.6 is 19.2 Å². The second-order valence-electron chi connectivity index (χ2n) is 2.50. The molecule has 0 fully saturated rings. The summed E-state index contributed by atoms with van der Waals surface area (Å²) in [5.41, 5.74) is 0. The van der Waals surface area contributed by atoms with E-state index in [0.29, 0.717) is 0 Å². The van der Waals surface area contributed by atoms with Gasteiger partial charge in [0.05, 0.1) is 5.88 Å². The molecule has 0 spiro atoms. The van der Waals surface area contributed by atoms with Gasteiger partial charge >= 0.3 is 0 Å². The van der Waals surface area contributed by atoms with Crippen LogP contribution in [-0.2, 0) is 4.57 Å². The van der Waals surface area contributed by atoms with Gasteiger partial charge in [0.1, 0.15) is 12.4 Å². The summed E-state index contributed by atoms with van der Waals surface area (Å²) in [5.74, 6) is 0.289. The van der Waals surface area contributed by atoms with Crippen molar-refractivity contribution < 1.29 is 19.1 Å². The molecule has 14 heavy (non-hydrogen) atoms. The lowest BCUT2D eigenvalue weighted by molar-refractivity contribution is -0.308. The molecular weight excluding hydrogens is 227 g/mol. The summed E-state index contributed by atoms with van der Waals surface area (Å²) in [6, 6.07) is 5.68. The summed E-state index contributed by atoms with van der Waals surface area (Å²) >= 11 is 5.37. The van der Waals surface area contributed by atoms with Crippen LogP contribution in [0.15, 0.2) is 24.3 Å². The first kappa shape index (κ1) is 11.5. The van der Waals surface area contributed by atoms with Crippen LogP contribution < -0.4 is 19.8 Å². The molecule has 78 valence electrons. The monoisotopic (exact) mass is 234 g/mol. The molecule has 0 N–H and O–H groups in total. The fourth-order valence-corrected chi connectivity index (χ4v) is 1.71. The summed E-state index contributed by atoms with van der Waals surface area (Å²) in [6.45, 7) is 0.165. The minimum Gasteiger partial charge on any atom is -0.807 e. The predicted molar refractivity (Wildman–Crippen MR) is 49.9 cm³/mol. The van der Waals surface area contributed by atoms with Gasteiger partial charge in [-0.2, -0.15) is 0 Å². The van der Waals surface area contributed by atoms with Gasteiger partial charge in [0.25, 0.3) is 0 Å². The maximum Gasteiger partial charge on any atom is 0.127 e. The Bertz CT molecular complexity index is 349. The highest BCUT2D eigenvalue weighted by atomic mass is 35.5. The SMILES string of the molecule is O=P([O-])([O-])c1ccccc1OCCCl. The second-order valence-corrected chi connectivity index (χ2v) is 4.36. The number of benzene rings is 1. The zero-order valence-electron chi connectivity index (χ0n) is 7.18. The van der Waals surface area contributed by atoms with E-state index in [0.717, 1.165) is 0 Å². The largest absolute Gasteiger partial charge is 0.807 e. The van der Waals surface area contributed by atoms with Crippen molar-refractivity contribution in [2.45, 2.75) is 0 Å². The third kappa shape index (κ3) is 3.00. The van der Waals surface area contributed by atoms with Crippen LogP contribution in [0.1, 0.15) is 0 Å². The molecule has 1 rings (SSSR count). The summed E-state index contributed by atoms with van der Waals surface area (Å²) < 4.78 is 15.8. The van der Waals surface area contributed by atoms with Crippen molar-refractivity contribution in [3.63, 3.8) is 0 Å². The standard InChI is InChI=1S/C8H10ClO4P/c9-5-6-13-7-3-1-2-4-8(7)14(10,11)12/h1-4H,5-6H2,(H2,10,11,12)/p-2. The first-order chi connectivity index (χ1) is 6.55. The molecule has 6 heteroatoms. The van der Waals surface area contributed by atoms with Gasteiger partial charge in [-0.3, -0.25) is 0 Å². The lowest BCUT2D eigenvalue weighted by Gasteiger charge is -2.31. The lowest BCUT2D eigenvalue weighted by atomic mass is 10.3. The number of para-hydroxylation sites is 1. The number of hydrogen-bond acceptors (Lipinski definition) is 4. The lowest BCUT2D eigenvalue weighted by Crippen LogP contribution is -2.26. The van der Waals surface area contributed by atoms with Crippen molar-refractivity contribution in [1.29, 1.82) is 0 Å². The Morgan fingerprint density at radius 2 is 2.00 bits per heavy atom. The average molecular weight is 235 g/mol. The maximum absolute atomic E-state index is 10.8. The normalized spacial score (nSPS) is 11.4. The van der Waals surface area contributed by atoms with Crippen LogP contribution in [0.2, 0.25) is 0 Å². The van der Waals surface area contributed by atoms with Crippen molar-refractivity contribution >= 4 is 24.5 Å². The Labute approximate surface area is 86.6 Å². The highest BCUT2D eigenvalue weighted by molar-refractivity contribution is 7.57. The molecule has 1 aromatic rings. The van der Waals surface area contributed by atoms with Crippen molar-refractivity contribution in [3.05, 3.63) is 24.3 Å². The van der Waals surface area contributed by atoms with Crippen LogP contribution in [0.4, 0.5) is 0 Å². The van der Waals surface area contributed by atoms with E-state index >= 15 is 0 Å². The molecule has 0 aliphatic carbocycles. The third-order valence-electron chi connectivity index (χ3n) is 1.50. The number of alkyl halides is 1. The fraction of sp³-hybridized carbons (Fsp3) is 0.250. The van der Waals surface area contributed by atoms with Crippen molar-refractivity contribution in [2.75, 3.05) is 12.5 Å². The topological polar surface area (TPSA) is 72.4 Å².